The lowest BCUT2D eigenvalue weighted by atomic mass is 9.92. The highest BCUT2D eigenvalue weighted by Crippen LogP contribution is 2.21. The topological polar surface area (TPSA) is 94.8 Å². The van der Waals surface area contributed by atoms with Crippen LogP contribution in [0.1, 0.15) is 110 Å². The Morgan fingerprint density at radius 3 is 1.36 bits per heavy atom. The van der Waals surface area contributed by atoms with Gasteiger partial charge in [-0.3, -0.25) is 4.79 Å². The lowest BCUT2D eigenvalue weighted by Gasteiger charge is -2.21. The molecule has 0 amide bonds. The minimum atomic E-state index is -2.12. The molecule has 1 atom stereocenters. The maximum absolute atomic E-state index is 11.0. The molecule has 0 radical (unpaired) electrons. The number of aliphatic carboxylic acids is 2. The normalized spacial score (nSPS) is 13.5. The van der Waals surface area contributed by atoms with Crippen molar-refractivity contribution >= 4 is 11.9 Å². The van der Waals surface area contributed by atoms with E-state index in [0.29, 0.717) is 6.42 Å². The van der Waals surface area contributed by atoms with E-state index in [4.69, 9.17) is 10.2 Å². The molecule has 0 aromatic carbocycles. The molecule has 5 heteroatoms. The van der Waals surface area contributed by atoms with Crippen LogP contribution in [0.2, 0.25) is 0 Å². The van der Waals surface area contributed by atoms with Crippen LogP contribution < -0.4 is 0 Å². The molecule has 0 fully saturated rings. The predicted octanol–water partition coefficient (Wildman–Crippen LogP) is 5.15. The van der Waals surface area contributed by atoms with Crippen molar-refractivity contribution in [3.8, 4) is 0 Å². The highest BCUT2D eigenvalue weighted by atomic mass is 16.4. The van der Waals surface area contributed by atoms with E-state index in [1.54, 1.807) is 0 Å². The summed E-state index contributed by atoms with van der Waals surface area (Å²) in [4.78, 5) is 21.7. The van der Waals surface area contributed by atoms with Gasteiger partial charge in [0.2, 0.25) is 0 Å². The summed E-state index contributed by atoms with van der Waals surface area (Å²) in [6.45, 7) is 2.24. The lowest BCUT2D eigenvalue weighted by molar-refractivity contribution is -0.166. The van der Waals surface area contributed by atoms with E-state index in [9.17, 15) is 14.7 Å². The molecule has 0 rings (SSSR count). The van der Waals surface area contributed by atoms with Crippen molar-refractivity contribution in [1.29, 1.82) is 0 Å². The molecule has 0 aliphatic heterocycles. The summed E-state index contributed by atoms with van der Waals surface area (Å²) in [6.07, 6.45) is 16.0. The standard InChI is InChI=1S/C20H38O5/c1-2-3-4-5-6-7-8-9-10-11-12-13-14-15-16-20(25,19(23)24)17-18(21)22/h25H,2-17H2,1H3,(H,21,22)(H,23,24). The Bertz CT molecular complexity index is 356. The van der Waals surface area contributed by atoms with Gasteiger partial charge in [-0.2, -0.15) is 0 Å². The molecular formula is C20H38O5. The number of hydrogen-bond acceptors (Lipinski definition) is 3. The highest BCUT2D eigenvalue weighted by molar-refractivity contribution is 5.83. The molecule has 0 heterocycles. The summed E-state index contributed by atoms with van der Waals surface area (Å²) < 4.78 is 0. The fraction of sp³-hybridized carbons (Fsp3) is 0.900. The fourth-order valence-electron chi connectivity index (χ4n) is 3.13. The van der Waals surface area contributed by atoms with Gasteiger partial charge in [0, 0.05) is 0 Å². The van der Waals surface area contributed by atoms with Crippen LogP contribution in [0.25, 0.3) is 0 Å². The molecule has 0 aromatic heterocycles. The molecule has 148 valence electrons. The first-order valence-electron chi connectivity index (χ1n) is 10.1. The summed E-state index contributed by atoms with van der Waals surface area (Å²) in [7, 11) is 0. The van der Waals surface area contributed by atoms with Crippen LogP contribution in [0.15, 0.2) is 0 Å². The summed E-state index contributed by atoms with van der Waals surface area (Å²) in [6, 6.07) is 0. The molecule has 0 bridgehead atoms. The zero-order chi connectivity index (χ0) is 19.0. The minimum Gasteiger partial charge on any atom is -0.481 e. The van der Waals surface area contributed by atoms with Gasteiger partial charge in [-0.25, -0.2) is 4.79 Å². The Labute approximate surface area is 152 Å². The second-order valence-electron chi connectivity index (χ2n) is 7.25. The van der Waals surface area contributed by atoms with Crippen LogP contribution in [0.3, 0.4) is 0 Å². The van der Waals surface area contributed by atoms with Crippen LogP contribution in [0.4, 0.5) is 0 Å². The van der Waals surface area contributed by atoms with Crippen molar-refractivity contribution < 1.29 is 24.9 Å². The summed E-state index contributed by atoms with van der Waals surface area (Å²) >= 11 is 0. The first kappa shape index (κ1) is 23.9. The van der Waals surface area contributed by atoms with Crippen LogP contribution in [0.5, 0.6) is 0 Å². The molecular weight excluding hydrogens is 320 g/mol. The average Bonchev–Trinajstić information content (AvgIpc) is 2.54. The number of carboxylic acid groups (broad SMARTS) is 2. The second kappa shape index (κ2) is 15.2. The molecule has 0 saturated heterocycles. The smallest absolute Gasteiger partial charge is 0.336 e. The maximum Gasteiger partial charge on any atom is 0.336 e. The number of rotatable bonds is 18. The van der Waals surface area contributed by atoms with Crippen molar-refractivity contribution in [2.24, 2.45) is 0 Å². The van der Waals surface area contributed by atoms with Crippen LogP contribution in [-0.2, 0) is 9.59 Å². The van der Waals surface area contributed by atoms with Gasteiger partial charge in [0.25, 0.3) is 0 Å². The summed E-state index contributed by atoms with van der Waals surface area (Å²) in [5.74, 6) is -2.72. The predicted molar refractivity (Wildman–Crippen MR) is 99.8 cm³/mol. The molecule has 0 aromatic rings. The van der Waals surface area contributed by atoms with E-state index in [1.807, 2.05) is 0 Å². The zero-order valence-electron chi connectivity index (χ0n) is 16.0. The Kier molecular flexibility index (Phi) is 14.5. The molecule has 0 saturated carbocycles. The van der Waals surface area contributed by atoms with Gasteiger partial charge in [0.05, 0.1) is 6.42 Å². The van der Waals surface area contributed by atoms with Gasteiger partial charge in [-0.15, -0.1) is 0 Å². The number of unbranched alkanes of at least 4 members (excludes halogenated alkanes) is 13. The van der Waals surface area contributed by atoms with Gasteiger partial charge in [0.1, 0.15) is 0 Å². The third kappa shape index (κ3) is 13.8. The Balaban J connectivity index is 3.46. The molecule has 0 aliphatic carbocycles. The fourth-order valence-corrected chi connectivity index (χ4v) is 3.13. The Hall–Kier alpha value is -1.10. The van der Waals surface area contributed by atoms with Crippen LogP contribution in [0, 0.1) is 0 Å². The van der Waals surface area contributed by atoms with E-state index >= 15 is 0 Å². The number of aliphatic hydroxyl groups is 1. The molecule has 0 aliphatic rings. The minimum absolute atomic E-state index is 0.00661. The Morgan fingerprint density at radius 2 is 1.04 bits per heavy atom. The average molecular weight is 359 g/mol. The van der Waals surface area contributed by atoms with Crippen molar-refractivity contribution in [3.05, 3.63) is 0 Å². The molecule has 3 N–H and O–H groups in total. The SMILES string of the molecule is CCCCCCCCCCCCCCCCC(O)(CC(=O)O)C(=O)O. The molecule has 0 spiro atoms. The van der Waals surface area contributed by atoms with E-state index in [0.717, 1.165) is 19.3 Å². The van der Waals surface area contributed by atoms with E-state index in [1.165, 1.54) is 64.2 Å². The number of carbonyl (C=O) groups is 2. The monoisotopic (exact) mass is 358 g/mol. The number of hydrogen-bond donors (Lipinski definition) is 3. The lowest BCUT2D eigenvalue weighted by Crippen LogP contribution is -2.40. The van der Waals surface area contributed by atoms with Gasteiger partial charge < -0.3 is 15.3 Å². The summed E-state index contributed by atoms with van der Waals surface area (Å²) in [5, 5.41) is 27.5. The van der Waals surface area contributed by atoms with Crippen LogP contribution >= 0.6 is 0 Å². The first-order chi connectivity index (χ1) is 11.9. The molecule has 5 nitrogen and oxygen atoms in total. The molecule has 1 unspecified atom stereocenters. The third-order valence-corrected chi connectivity index (χ3v) is 4.79. The first-order valence-corrected chi connectivity index (χ1v) is 10.1. The second-order valence-corrected chi connectivity index (χ2v) is 7.25. The quantitative estimate of drug-likeness (QED) is 0.295. The van der Waals surface area contributed by atoms with E-state index in [-0.39, 0.29) is 6.42 Å². The van der Waals surface area contributed by atoms with Gasteiger partial charge in [-0.05, 0) is 12.8 Å². The third-order valence-electron chi connectivity index (χ3n) is 4.79. The zero-order valence-corrected chi connectivity index (χ0v) is 16.0. The molecule has 25 heavy (non-hydrogen) atoms. The highest BCUT2D eigenvalue weighted by Gasteiger charge is 2.37. The van der Waals surface area contributed by atoms with Crippen molar-refractivity contribution in [2.45, 2.75) is 115 Å². The van der Waals surface area contributed by atoms with E-state index < -0.39 is 24.0 Å². The summed E-state index contributed by atoms with van der Waals surface area (Å²) in [5.41, 5.74) is -2.12. The van der Waals surface area contributed by atoms with Crippen molar-refractivity contribution in [2.75, 3.05) is 0 Å². The number of carboxylic acids is 2. The van der Waals surface area contributed by atoms with Crippen molar-refractivity contribution in [1.82, 2.24) is 0 Å². The van der Waals surface area contributed by atoms with Gasteiger partial charge in [-0.1, -0.05) is 90.4 Å². The van der Waals surface area contributed by atoms with Gasteiger partial charge >= 0.3 is 11.9 Å². The largest absolute Gasteiger partial charge is 0.481 e. The van der Waals surface area contributed by atoms with Crippen LogP contribution in [-0.4, -0.2) is 32.9 Å². The van der Waals surface area contributed by atoms with Gasteiger partial charge in [0.15, 0.2) is 5.60 Å². The van der Waals surface area contributed by atoms with Crippen molar-refractivity contribution in [3.63, 3.8) is 0 Å². The Morgan fingerprint density at radius 1 is 0.680 bits per heavy atom. The van der Waals surface area contributed by atoms with E-state index in [2.05, 4.69) is 6.92 Å². The maximum atomic E-state index is 11.0.